The smallest absolute Gasteiger partial charge is 0.0356 e. The molecule has 0 spiro atoms. The number of hydrogen-bond acceptors (Lipinski definition) is 1. The largest absolute Gasteiger partial charge is 0.398 e. The third-order valence-electron chi connectivity index (χ3n) is 9.99. The van der Waals surface area contributed by atoms with Crippen LogP contribution in [-0.2, 0) is 6.42 Å². The van der Waals surface area contributed by atoms with Crippen molar-refractivity contribution in [3.63, 3.8) is 0 Å². The second kappa shape index (κ2) is 13.3. The standard InChI is InChI=1S/C48H39N/c1-33-18-20-34(21-19-33)39-26-28-43-41(30-39)14-8-16-45(43)46-17-9-15-42-31-40(27-29-44(42)46)35-22-24-37(25-23-35)47(36-10-4-2-5-11-36)32-48(49)38-12-6-3-7-13-38/h2-26,28,30-32,47H,27,29,49H2,1H3/b48-32-. The van der Waals surface area contributed by atoms with Gasteiger partial charge in [-0.25, -0.2) is 0 Å². The summed E-state index contributed by atoms with van der Waals surface area (Å²) < 4.78 is 0. The van der Waals surface area contributed by atoms with Crippen molar-refractivity contribution in [3.8, 4) is 22.3 Å². The Morgan fingerprint density at radius 1 is 0.571 bits per heavy atom. The van der Waals surface area contributed by atoms with Gasteiger partial charge in [-0.15, -0.1) is 0 Å². The molecular formula is C48H39N. The van der Waals surface area contributed by atoms with Gasteiger partial charge in [-0.2, -0.15) is 0 Å². The lowest BCUT2D eigenvalue weighted by Crippen LogP contribution is -2.04. The summed E-state index contributed by atoms with van der Waals surface area (Å²) in [6.07, 6.45) is 6.61. The first-order valence-corrected chi connectivity index (χ1v) is 17.2. The number of nitrogens with two attached hydrogens (primary N) is 1. The van der Waals surface area contributed by atoms with Gasteiger partial charge in [0.25, 0.3) is 0 Å². The van der Waals surface area contributed by atoms with Crippen molar-refractivity contribution >= 4 is 28.1 Å². The van der Waals surface area contributed by atoms with Crippen LogP contribution in [0.3, 0.4) is 0 Å². The Labute approximate surface area is 289 Å². The third kappa shape index (κ3) is 6.24. The number of allylic oxidation sites excluding steroid dienone is 2. The molecule has 1 aliphatic carbocycles. The van der Waals surface area contributed by atoms with Crippen LogP contribution >= 0.6 is 0 Å². The highest BCUT2D eigenvalue weighted by atomic mass is 14.6. The van der Waals surface area contributed by atoms with Crippen LogP contribution in [0.4, 0.5) is 0 Å². The highest BCUT2D eigenvalue weighted by Gasteiger charge is 2.19. The average Bonchev–Trinajstić information content (AvgIpc) is 3.17. The molecule has 0 saturated heterocycles. The van der Waals surface area contributed by atoms with E-state index in [0.717, 1.165) is 24.1 Å². The lowest BCUT2D eigenvalue weighted by atomic mass is 9.83. The highest BCUT2D eigenvalue weighted by Crippen LogP contribution is 2.40. The van der Waals surface area contributed by atoms with Crippen molar-refractivity contribution in [2.75, 3.05) is 0 Å². The van der Waals surface area contributed by atoms with Crippen LogP contribution in [0.1, 0.15) is 51.3 Å². The third-order valence-corrected chi connectivity index (χ3v) is 9.99. The lowest BCUT2D eigenvalue weighted by molar-refractivity contribution is 0.999. The Morgan fingerprint density at radius 2 is 1.22 bits per heavy atom. The number of hydrogen-bond donors (Lipinski definition) is 1. The maximum Gasteiger partial charge on any atom is 0.0356 e. The van der Waals surface area contributed by atoms with Gasteiger partial charge in [0, 0.05) is 11.6 Å². The van der Waals surface area contributed by atoms with Gasteiger partial charge in [0.1, 0.15) is 0 Å². The van der Waals surface area contributed by atoms with E-state index in [0.29, 0.717) is 0 Å². The monoisotopic (exact) mass is 629 g/mol. The van der Waals surface area contributed by atoms with Gasteiger partial charge in [0.2, 0.25) is 0 Å². The molecule has 0 bridgehead atoms. The van der Waals surface area contributed by atoms with E-state index in [9.17, 15) is 0 Å². The second-order valence-electron chi connectivity index (χ2n) is 13.1. The zero-order chi connectivity index (χ0) is 33.2. The molecule has 0 amide bonds. The van der Waals surface area contributed by atoms with E-state index in [1.54, 1.807) is 0 Å². The number of benzene rings is 7. The molecule has 1 unspecified atom stereocenters. The fourth-order valence-corrected chi connectivity index (χ4v) is 7.32. The summed E-state index contributed by atoms with van der Waals surface area (Å²) in [4.78, 5) is 0. The average molecular weight is 630 g/mol. The molecule has 0 heterocycles. The van der Waals surface area contributed by atoms with Crippen molar-refractivity contribution in [1.82, 2.24) is 0 Å². The zero-order valence-electron chi connectivity index (χ0n) is 27.8. The van der Waals surface area contributed by atoms with Crippen LogP contribution in [0.15, 0.2) is 170 Å². The molecule has 0 fully saturated rings. The van der Waals surface area contributed by atoms with Crippen LogP contribution in [0.25, 0.3) is 50.4 Å². The van der Waals surface area contributed by atoms with Crippen molar-refractivity contribution in [2.45, 2.75) is 25.7 Å². The molecule has 0 aromatic heterocycles. The summed E-state index contributed by atoms with van der Waals surface area (Å²) in [5.41, 5.74) is 22.8. The molecule has 1 heteroatoms. The number of fused-ring (bicyclic) bond motifs is 2. The first kappa shape index (κ1) is 30.4. The fraction of sp³-hybridized carbons (Fsp3) is 0.0833. The molecule has 8 rings (SSSR count). The molecule has 236 valence electrons. The minimum atomic E-state index is 0.0627. The van der Waals surface area contributed by atoms with E-state index < -0.39 is 0 Å². The van der Waals surface area contributed by atoms with Crippen LogP contribution < -0.4 is 5.73 Å². The molecule has 0 aliphatic heterocycles. The van der Waals surface area contributed by atoms with Crippen LogP contribution in [-0.4, -0.2) is 0 Å². The molecule has 1 nitrogen and oxygen atoms in total. The van der Waals surface area contributed by atoms with E-state index in [1.807, 2.05) is 18.2 Å². The van der Waals surface area contributed by atoms with Gasteiger partial charge in [-0.3, -0.25) is 0 Å². The van der Waals surface area contributed by atoms with Crippen LogP contribution in [0.5, 0.6) is 0 Å². The summed E-state index contributed by atoms with van der Waals surface area (Å²) in [6.45, 7) is 2.13. The molecule has 7 aromatic carbocycles. The second-order valence-corrected chi connectivity index (χ2v) is 13.1. The topological polar surface area (TPSA) is 26.0 Å². The Balaban J connectivity index is 1.10. The number of aryl methyl sites for hydroxylation is 1. The van der Waals surface area contributed by atoms with Crippen molar-refractivity contribution in [3.05, 3.63) is 209 Å². The highest BCUT2D eigenvalue weighted by molar-refractivity contribution is 6.00. The molecule has 2 N–H and O–H groups in total. The Bertz CT molecular complexity index is 2310. The Hall–Kier alpha value is -5.92. The predicted molar refractivity (Wildman–Crippen MR) is 209 cm³/mol. The van der Waals surface area contributed by atoms with E-state index in [2.05, 4.69) is 165 Å². The van der Waals surface area contributed by atoms with Crippen LogP contribution in [0.2, 0.25) is 0 Å². The molecule has 49 heavy (non-hydrogen) atoms. The lowest BCUT2D eigenvalue weighted by Gasteiger charge is -2.22. The van der Waals surface area contributed by atoms with Gasteiger partial charge in [0.05, 0.1) is 0 Å². The van der Waals surface area contributed by atoms with E-state index in [-0.39, 0.29) is 5.92 Å². The fourth-order valence-electron chi connectivity index (χ4n) is 7.32. The molecule has 0 saturated carbocycles. The normalized spacial score (nSPS) is 13.5. The summed E-state index contributed by atoms with van der Waals surface area (Å²) in [5, 5.41) is 2.57. The minimum absolute atomic E-state index is 0.0627. The molecule has 1 aliphatic rings. The molecular weight excluding hydrogens is 591 g/mol. The summed E-state index contributed by atoms with van der Waals surface area (Å²) in [6, 6.07) is 59.2. The van der Waals surface area contributed by atoms with Gasteiger partial charge in [-0.05, 0) is 104 Å². The van der Waals surface area contributed by atoms with E-state index >= 15 is 0 Å². The quantitative estimate of drug-likeness (QED) is 0.186. The minimum Gasteiger partial charge on any atom is -0.398 e. The van der Waals surface area contributed by atoms with Crippen molar-refractivity contribution < 1.29 is 0 Å². The summed E-state index contributed by atoms with van der Waals surface area (Å²) in [7, 11) is 0. The summed E-state index contributed by atoms with van der Waals surface area (Å²) in [5.74, 6) is 0.0627. The summed E-state index contributed by atoms with van der Waals surface area (Å²) >= 11 is 0. The first-order valence-electron chi connectivity index (χ1n) is 17.2. The maximum atomic E-state index is 6.63. The maximum absolute atomic E-state index is 6.63. The Morgan fingerprint density at radius 3 is 2.00 bits per heavy atom. The van der Waals surface area contributed by atoms with Crippen molar-refractivity contribution in [2.24, 2.45) is 5.73 Å². The zero-order valence-corrected chi connectivity index (χ0v) is 27.8. The van der Waals surface area contributed by atoms with E-state index in [4.69, 9.17) is 5.73 Å². The molecule has 7 aromatic rings. The molecule has 1 atom stereocenters. The number of rotatable bonds is 7. The van der Waals surface area contributed by atoms with Gasteiger partial charge >= 0.3 is 0 Å². The Kier molecular flexibility index (Phi) is 8.25. The van der Waals surface area contributed by atoms with Gasteiger partial charge in [-0.1, -0.05) is 169 Å². The van der Waals surface area contributed by atoms with E-state index in [1.165, 1.54) is 72.0 Å². The molecule has 0 radical (unpaired) electrons. The van der Waals surface area contributed by atoms with Crippen molar-refractivity contribution in [1.29, 1.82) is 0 Å². The van der Waals surface area contributed by atoms with Gasteiger partial charge < -0.3 is 5.73 Å². The predicted octanol–water partition coefficient (Wildman–Crippen LogP) is 12.1. The van der Waals surface area contributed by atoms with Gasteiger partial charge in [0.15, 0.2) is 0 Å². The first-order chi connectivity index (χ1) is 24.1. The van der Waals surface area contributed by atoms with Crippen LogP contribution in [0, 0.1) is 6.92 Å². The SMILES string of the molecule is Cc1ccc(-c2ccc3c(-c4cccc5c4CCC(c4ccc(C(/C=C(\N)c6ccccc6)c6ccccc6)cc4)=C5)cccc3c2)cc1.